The fourth-order valence-electron chi connectivity index (χ4n) is 3.25. The van der Waals surface area contributed by atoms with E-state index in [1.807, 2.05) is 17.5 Å². The molecule has 7 nitrogen and oxygen atoms in total. The average molecular weight is 389 g/mol. The molecule has 1 aromatic rings. The van der Waals surface area contributed by atoms with Crippen LogP contribution < -0.4 is 5.32 Å². The summed E-state index contributed by atoms with van der Waals surface area (Å²) < 4.78 is 0. The van der Waals surface area contributed by atoms with Gasteiger partial charge in [0, 0.05) is 18.0 Å². The van der Waals surface area contributed by atoms with Gasteiger partial charge in [0.25, 0.3) is 0 Å². The lowest BCUT2D eigenvalue weighted by Gasteiger charge is -2.17. The summed E-state index contributed by atoms with van der Waals surface area (Å²) in [5.74, 6) is -2.22. The van der Waals surface area contributed by atoms with Crippen LogP contribution in [-0.2, 0) is 20.8 Å². The first-order valence-electron chi connectivity index (χ1n) is 9.20. The maximum absolute atomic E-state index is 12.4. The van der Waals surface area contributed by atoms with Gasteiger partial charge in [-0.2, -0.15) is 0 Å². The standard InChI is InChI=1S/C19H23N3O4S/c23-16(20-10-8-15-7-4-12-27-15)13-22-18(25)17(24)21(19(22)26)11-9-14-5-2-1-3-6-14/h4-5,7,12H,1-3,6,8-11,13H2,(H,20,23). The predicted molar refractivity (Wildman–Crippen MR) is 101 cm³/mol. The van der Waals surface area contributed by atoms with Crippen molar-refractivity contribution in [2.45, 2.75) is 38.5 Å². The smallest absolute Gasteiger partial charge is 0.334 e. The Hall–Kier alpha value is -2.48. The minimum Gasteiger partial charge on any atom is -0.354 e. The highest BCUT2D eigenvalue weighted by molar-refractivity contribution is 7.09. The molecule has 0 saturated carbocycles. The van der Waals surface area contributed by atoms with Gasteiger partial charge < -0.3 is 5.32 Å². The molecule has 5 amide bonds. The van der Waals surface area contributed by atoms with Gasteiger partial charge in [0.2, 0.25) is 5.91 Å². The summed E-state index contributed by atoms with van der Waals surface area (Å²) in [6.07, 6.45) is 7.70. The van der Waals surface area contributed by atoms with E-state index in [1.165, 1.54) is 12.0 Å². The van der Waals surface area contributed by atoms with E-state index in [0.29, 0.717) is 19.4 Å². The van der Waals surface area contributed by atoms with Gasteiger partial charge in [-0.1, -0.05) is 17.7 Å². The summed E-state index contributed by atoms with van der Waals surface area (Å²) in [6, 6.07) is 3.21. The van der Waals surface area contributed by atoms with Gasteiger partial charge in [0.15, 0.2) is 0 Å². The van der Waals surface area contributed by atoms with Crippen LogP contribution in [0, 0.1) is 0 Å². The normalized spacial score (nSPS) is 17.5. The number of imide groups is 2. The zero-order valence-corrected chi connectivity index (χ0v) is 15.9. The molecular formula is C19H23N3O4S. The van der Waals surface area contributed by atoms with E-state index >= 15 is 0 Å². The Kier molecular flexibility index (Phi) is 6.39. The monoisotopic (exact) mass is 389 g/mol. The molecule has 0 radical (unpaired) electrons. The summed E-state index contributed by atoms with van der Waals surface area (Å²) in [4.78, 5) is 51.5. The van der Waals surface area contributed by atoms with E-state index in [1.54, 1.807) is 11.3 Å². The maximum atomic E-state index is 12.4. The Morgan fingerprint density at radius 1 is 1.11 bits per heavy atom. The molecule has 3 rings (SSSR count). The molecule has 1 saturated heterocycles. The van der Waals surface area contributed by atoms with E-state index in [-0.39, 0.29) is 6.54 Å². The van der Waals surface area contributed by atoms with Crippen molar-refractivity contribution in [1.29, 1.82) is 0 Å². The van der Waals surface area contributed by atoms with Crippen molar-refractivity contribution < 1.29 is 19.2 Å². The number of amides is 5. The minimum atomic E-state index is -0.925. The molecule has 144 valence electrons. The highest BCUT2D eigenvalue weighted by atomic mass is 32.1. The minimum absolute atomic E-state index is 0.186. The largest absolute Gasteiger partial charge is 0.354 e. The third-order valence-corrected chi connectivity index (χ3v) is 5.69. The first-order chi connectivity index (χ1) is 13.1. The topological polar surface area (TPSA) is 86.8 Å². The quantitative estimate of drug-likeness (QED) is 0.419. The number of allylic oxidation sites excluding steroid dienone is 1. The van der Waals surface area contributed by atoms with Gasteiger partial charge in [0.05, 0.1) is 0 Å². The van der Waals surface area contributed by atoms with Crippen molar-refractivity contribution in [2.75, 3.05) is 19.6 Å². The zero-order valence-electron chi connectivity index (χ0n) is 15.1. The van der Waals surface area contributed by atoms with Crippen LogP contribution in [-0.4, -0.2) is 53.2 Å². The third-order valence-electron chi connectivity index (χ3n) is 4.75. The van der Waals surface area contributed by atoms with Crippen LogP contribution in [0.1, 0.15) is 37.0 Å². The number of nitrogens with zero attached hydrogens (tertiary/aromatic N) is 2. The number of rotatable bonds is 8. The van der Waals surface area contributed by atoms with E-state index in [0.717, 1.165) is 33.9 Å². The van der Waals surface area contributed by atoms with Gasteiger partial charge >= 0.3 is 17.8 Å². The number of thiophene rings is 1. The summed E-state index contributed by atoms with van der Waals surface area (Å²) in [5.41, 5.74) is 1.22. The van der Waals surface area contributed by atoms with Crippen molar-refractivity contribution in [3.63, 3.8) is 0 Å². The Labute approximate surface area is 162 Å². The Balaban J connectivity index is 1.49. The number of hydrogen-bond acceptors (Lipinski definition) is 5. The summed E-state index contributed by atoms with van der Waals surface area (Å²) >= 11 is 1.60. The maximum Gasteiger partial charge on any atom is 0.334 e. The fraction of sp³-hybridized carbons (Fsp3) is 0.474. The van der Waals surface area contributed by atoms with Crippen LogP contribution in [0.3, 0.4) is 0 Å². The molecule has 0 bridgehead atoms. The predicted octanol–water partition coefficient (Wildman–Crippen LogP) is 2.09. The molecule has 0 aromatic carbocycles. The Bertz CT molecular complexity index is 757. The van der Waals surface area contributed by atoms with Gasteiger partial charge in [-0.25, -0.2) is 9.69 Å². The molecule has 8 heteroatoms. The van der Waals surface area contributed by atoms with Gasteiger partial charge in [-0.05, 0) is 50.0 Å². The van der Waals surface area contributed by atoms with Crippen molar-refractivity contribution in [2.24, 2.45) is 0 Å². The SMILES string of the molecule is O=C(CN1C(=O)C(=O)N(CCC2=CCCCC2)C1=O)NCCc1cccs1. The molecule has 1 N–H and O–H groups in total. The van der Waals surface area contributed by atoms with Crippen LogP contribution in [0.5, 0.6) is 0 Å². The molecule has 1 fully saturated rings. The lowest BCUT2D eigenvalue weighted by Crippen LogP contribution is -2.42. The van der Waals surface area contributed by atoms with Crippen LogP contribution in [0.15, 0.2) is 29.2 Å². The molecule has 1 aliphatic heterocycles. The molecule has 1 aromatic heterocycles. The van der Waals surface area contributed by atoms with Crippen LogP contribution >= 0.6 is 11.3 Å². The summed E-state index contributed by atoms with van der Waals surface area (Å²) in [5, 5.41) is 4.65. The van der Waals surface area contributed by atoms with Crippen LogP contribution in [0.25, 0.3) is 0 Å². The molecule has 27 heavy (non-hydrogen) atoms. The lowest BCUT2D eigenvalue weighted by molar-refractivity contribution is -0.144. The van der Waals surface area contributed by atoms with E-state index in [4.69, 9.17) is 0 Å². The highest BCUT2D eigenvalue weighted by Gasteiger charge is 2.44. The highest BCUT2D eigenvalue weighted by Crippen LogP contribution is 2.21. The summed E-state index contributed by atoms with van der Waals surface area (Å²) in [7, 11) is 0. The van der Waals surface area contributed by atoms with Crippen molar-refractivity contribution >= 4 is 35.1 Å². The molecule has 0 atom stereocenters. The van der Waals surface area contributed by atoms with Crippen molar-refractivity contribution in [3.05, 3.63) is 34.0 Å². The van der Waals surface area contributed by atoms with Gasteiger partial charge in [-0.15, -0.1) is 11.3 Å². The first kappa shape index (κ1) is 19.3. The lowest BCUT2D eigenvalue weighted by atomic mass is 9.97. The van der Waals surface area contributed by atoms with E-state index in [9.17, 15) is 19.2 Å². The Morgan fingerprint density at radius 2 is 1.93 bits per heavy atom. The van der Waals surface area contributed by atoms with Crippen molar-refractivity contribution in [3.8, 4) is 0 Å². The number of carbonyl (C=O) groups excluding carboxylic acids is 4. The molecule has 2 heterocycles. The first-order valence-corrected chi connectivity index (χ1v) is 10.1. The fourth-order valence-corrected chi connectivity index (χ4v) is 3.96. The van der Waals surface area contributed by atoms with Gasteiger partial charge in [-0.3, -0.25) is 19.3 Å². The third kappa shape index (κ3) is 4.82. The van der Waals surface area contributed by atoms with E-state index < -0.39 is 30.3 Å². The molecule has 1 aliphatic carbocycles. The molecule has 2 aliphatic rings. The second-order valence-electron chi connectivity index (χ2n) is 6.67. The van der Waals surface area contributed by atoms with Crippen LogP contribution in [0.2, 0.25) is 0 Å². The number of urea groups is 1. The van der Waals surface area contributed by atoms with Crippen LogP contribution in [0.4, 0.5) is 4.79 Å². The van der Waals surface area contributed by atoms with E-state index in [2.05, 4.69) is 11.4 Å². The number of nitrogens with one attached hydrogen (secondary N) is 1. The number of hydrogen-bond donors (Lipinski definition) is 1. The summed E-state index contributed by atoms with van der Waals surface area (Å²) in [6.45, 7) is 0.181. The second-order valence-corrected chi connectivity index (χ2v) is 7.70. The second kappa shape index (κ2) is 8.94. The molecular weight excluding hydrogens is 366 g/mol. The Morgan fingerprint density at radius 3 is 2.63 bits per heavy atom. The zero-order chi connectivity index (χ0) is 19.2. The van der Waals surface area contributed by atoms with Gasteiger partial charge in [0.1, 0.15) is 6.54 Å². The average Bonchev–Trinajstić information content (AvgIpc) is 3.25. The molecule has 0 spiro atoms. The number of carbonyl (C=O) groups is 4. The van der Waals surface area contributed by atoms with Crippen molar-refractivity contribution in [1.82, 2.24) is 15.1 Å². The molecule has 0 unspecified atom stereocenters.